The van der Waals surface area contributed by atoms with Crippen molar-refractivity contribution in [3.63, 3.8) is 0 Å². The summed E-state index contributed by atoms with van der Waals surface area (Å²) in [6.07, 6.45) is 5.34. The summed E-state index contributed by atoms with van der Waals surface area (Å²) in [5.74, 6) is 0. The largest absolute Gasteiger partial charge is 0.381 e. The van der Waals surface area contributed by atoms with Gasteiger partial charge in [0.25, 0.3) is 5.56 Å². The molecule has 17 heavy (non-hydrogen) atoms. The topological polar surface area (TPSA) is 56.1 Å². The predicted molar refractivity (Wildman–Crippen MR) is 66.2 cm³/mol. The molecule has 0 radical (unpaired) electrons. The lowest BCUT2D eigenvalue weighted by atomic mass is 9.93. The summed E-state index contributed by atoms with van der Waals surface area (Å²) in [6, 6.07) is 2.12. The summed E-state index contributed by atoms with van der Waals surface area (Å²) >= 11 is 0. The van der Waals surface area contributed by atoms with Crippen molar-refractivity contribution in [1.29, 1.82) is 0 Å². The van der Waals surface area contributed by atoms with Gasteiger partial charge in [-0.15, -0.1) is 0 Å². The van der Waals surface area contributed by atoms with Gasteiger partial charge in [0, 0.05) is 19.2 Å². The predicted octanol–water partition coefficient (Wildman–Crippen LogP) is 1.24. The average Bonchev–Trinajstić information content (AvgIpc) is 2.27. The molecule has 1 aliphatic rings. The van der Waals surface area contributed by atoms with Crippen molar-refractivity contribution in [2.75, 3.05) is 12.4 Å². The van der Waals surface area contributed by atoms with E-state index in [1.165, 1.54) is 23.9 Å². The fourth-order valence-corrected chi connectivity index (χ4v) is 1.76. The van der Waals surface area contributed by atoms with E-state index in [1.54, 1.807) is 19.4 Å². The Morgan fingerprint density at radius 2 is 2.41 bits per heavy atom. The van der Waals surface area contributed by atoms with E-state index >= 15 is 0 Å². The number of nitrogens with zero attached hydrogens (tertiary/aromatic N) is 2. The highest BCUT2D eigenvalue weighted by atomic mass is 16.5. The van der Waals surface area contributed by atoms with Crippen LogP contribution in [0.2, 0.25) is 0 Å². The number of methoxy groups -OCH3 is 1. The second-order valence-corrected chi connectivity index (χ2v) is 4.58. The molecule has 1 aromatic heterocycles. The summed E-state index contributed by atoms with van der Waals surface area (Å²) in [5.41, 5.74) is 0.735. The van der Waals surface area contributed by atoms with Crippen LogP contribution in [-0.2, 0) is 11.3 Å². The Balaban J connectivity index is 2.02. The molecule has 0 aromatic carbocycles. The monoisotopic (exact) mass is 237 g/mol. The van der Waals surface area contributed by atoms with Gasteiger partial charge in [-0.1, -0.05) is 0 Å². The molecule has 94 valence electrons. The first-order chi connectivity index (χ1) is 8.19. The van der Waals surface area contributed by atoms with Gasteiger partial charge in [-0.05, 0) is 26.2 Å². The van der Waals surface area contributed by atoms with E-state index in [0.29, 0.717) is 12.6 Å². The lowest BCUT2D eigenvalue weighted by molar-refractivity contribution is 0.0984. The molecular formula is C12H19N3O2. The van der Waals surface area contributed by atoms with E-state index in [1.807, 2.05) is 6.92 Å². The van der Waals surface area contributed by atoms with Crippen molar-refractivity contribution in [2.45, 2.75) is 44.9 Å². The molecule has 2 rings (SSSR count). The number of ether oxygens (including phenoxy) is 1. The Morgan fingerprint density at radius 1 is 1.65 bits per heavy atom. The van der Waals surface area contributed by atoms with Crippen LogP contribution in [0.3, 0.4) is 0 Å². The van der Waals surface area contributed by atoms with E-state index in [4.69, 9.17) is 4.74 Å². The summed E-state index contributed by atoms with van der Waals surface area (Å²) in [7, 11) is 1.63. The minimum Gasteiger partial charge on any atom is -0.381 e. The van der Waals surface area contributed by atoms with Crippen LogP contribution in [0.5, 0.6) is 0 Å². The van der Waals surface area contributed by atoms with Gasteiger partial charge >= 0.3 is 0 Å². The number of aromatic nitrogens is 2. The lowest BCUT2D eigenvalue weighted by Crippen LogP contribution is -2.31. The van der Waals surface area contributed by atoms with Crippen LogP contribution < -0.4 is 10.9 Å². The standard InChI is InChI=1S/C12H19N3O2/c1-9(17-2)8-15-12(16)6-11(7-13-15)14-10-4-3-5-10/h6-7,9-10,14H,3-5,8H2,1-2H3. The summed E-state index contributed by atoms with van der Waals surface area (Å²) < 4.78 is 6.55. The molecule has 1 atom stereocenters. The van der Waals surface area contributed by atoms with Crippen molar-refractivity contribution >= 4 is 5.69 Å². The van der Waals surface area contributed by atoms with Gasteiger partial charge in [0.1, 0.15) is 0 Å². The molecule has 1 fully saturated rings. The third-order valence-corrected chi connectivity index (χ3v) is 3.18. The second-order valence-electron chi connectivity index (χ2n) is 4.58. The molecule has 5 nitrogen and oxygen atoms in total. The van der Waals surface area contributed by atoms with E-state index in [2.05, 4.69) is 10.4 Å². The van der Waals surface area contributed by atoms with Crippen LogP contribution in [0.4, 0.5) is 5.69 Å². The van der Waals surface area contributed by atoms with Gasteiger partial charge in [-0.3, -0.25) is 4.79 Å². The highest BCUT2D eigenvalue weighted by Crippen LogP contribution is 2.21. The fourth-order valence-electron chi connectivity index (χ4n) is 1.76. The molecule has 0 bridgehead atoms. The number of hydrogen-bond donors (Lipinski definition) is 1. The zero-order valence-electron chi connectivity index (χ0n) is 10.3. The van der Waals surface area contributed by atoms with Crippen LogP contribution in [-0.4, -0.2) is 29.0 Å². The first-order valence-corrected chi connectivity index (χ1v) is 6.05. The van der Waals surface area contributed by atoms with E-state index in [-0.39, 0.29) is 11.7 Å². The Morgan fingerprint density at radius 3 is 2.94 bits per heavy atom. The van der Waals surface area contributed by atoms with Crippen molar-refractivity contribution in [1.82, 2.24) is 9.78 Å². The van der Waals surface area contributed by atoms with Crippen molar-refractivity contribution in [3.05, 3.63) is 22.6 Å². The fraction of sp³-hybridized carbons (Fsp3) is 0.667. The molecule has 0 saturated heterocycles. The van der Waals surface area contributed by atoms with Crippen molar-refractivity contribution < 1.29 is 4.74 Å². The maximum Gasteiger partial charge on any atom is 0.268 e. The summed E-state index contributed by atoms with van der Waals surface area (Å²) in [4.78, 5) is 11.8. The number of hydrogen-bond acceptors (Lipinski definition) is 4. The maximum atomic E-state index is 11.8. The van der Waals surface area contributed by atoms with E-state index in [9.17, 15) is 4.79 Å². The molecule has 1 aliphatic carbocycles. The molecule has 0 spiro atoms. The third kappa shape index (κ3) is 3.06. The van der Waals surface area contributed by atoms with Crippen molar-refractivity contribution in [2.24, 2.45) is 0 Å². The number of nitrogens with one attached hydrogen (secondary N) is 1. The summed E-state index contributed by atoms with van der Waals surface area (Å²) in [5, 5.41) is 7.45. The van der Waals surface area contributed by atoms with Crippen LogP contribution in [0.25, 0.3) is 0 Å². The van der Waals surface area contributed by atoms with Gasteiger partial charge in [0.05, 0.1) is 24.5 Å². The van der Waals surface area contributed by atoms with Crippen LogP contribution in [0, 0.1) is 0 Å². The van der Waals surface area contributed by atoms with E-state index in [0.717, 1.165) is 5.69 Å². The molecule has 1 aromatic rings. The zero-order valence-corrected chi connectivity index (χ0v) is 10.3. The number of anilines is 1. The highest BCUT2D eigenvalue weighted by molar-refractivity contribution is 5.40. The minimum absolute atomic E-state index is 0.00867. The first-order valence-electron chi connectivity index (χ1n) is 6.05. The molecule has 1 unspecified atom stereocenters. The molecular weight excluding hydrogens is 218 g/mol. The molecule has 1 N–H and O–H groups in total. The molecule has 0 amide bonds. The van der Waals surface area contributed by atoms with Crippen molar-refractivity contribution in [3.8, 4) is 0 Å². The first kappa shape index (κ1) is 12.1. The Bertz CT molecular complexity index is 426. The van der Waals surface area contributed by atoms with Crippen LogP contribution in [0.15, 0.2) is 17.1 Å². The second kappa shape index (κ2) is 5.31. The molecule has 1 saturated carbocycles. The SMILES string of the molecule is COC(C)Cn1ncc(NC2CCC2)cc1=O. The lowest BCUT2D eigenvalue weighted by Gasteiger charge is -2.27. The Kier molecular flexibility index (Phi) is 3.78. The van der Waals surface area contributed by atoms with Gasteiger partial charge < -0.3 is 10.1 Å². The highest BCUT2D eigenvalue weighted by Gasteiger charge is 2.17. The molecule has 1 heterocycles. The van der Waals surface area contributed by atoms with E-state index < -0.39 is 0 Å². The van der Waals surface area contributed by atoms with Crippen LogP contribution >= 0.6 is 0 Å². The van der Waals surface area contributed by atoms with Gasteiger partial charge in [-0.25, -0.2) is 4.68 Å². The average molecular weight is 237 g/mol. The summed E-state index contributed by atoms with van der Waals surface area (Å²) in [6.45, 7) is 2.40. The minimum atomic E-state index is -0.0850. The van der Waals surface area contributed by atoms with Gasteiger partial charge in [0.15, 0.2) is 0 Å². The Hall–Kier alpha value is -1.36. The third-order valence-electron chi connectivity index (χ3n) is 3.18. The number of rotatable bonds is 5. The normalized spacial score (nSPS) is 17.5. The zero-order chi connectivity index (χ0) is 12.3. The maximum absolute atomic E-state index is 11.8. The Labute approximate surface area is 101 Å². The quantitative estimate of drug-likeness (QED) is 0.837. The van der Waals surface area contributed by atoms with Crippen LogP contribution in [0.1, 0.15) is 26.2 Å². The molecule has 0 aliphatic heterocycles. The van der Waals surface area contributed by atoms with Gasteiger partial charge in [0.2, 0.25) is 0 Å². The van der Waals surface area contributed by atoms with Gasteiger partial charge in [-0.2, -0.15) is 5.10 Å². The molecule has 5 heteroatoms. The smallest absolute Gasteiger partial charge is 0.268 e.